The van der Waals surface area contributed by atoms with Crippen LogP contribution in [0.25, 0.3) is 11.6 Å². The molecule has 0 aliphatic heterocycles. The van der Waals surface area contributed by atoms with Crippen molar-refractivity contribution in [1.29, 1.82) is 0 Å². The summed E-state index contributed by atoms with van der Waals surface area (Å²) in [6, 6.07) is 11.1. The average Bonchev–Trinajstić information content (AvgIpc) is 3.02. The van der Waals surface area contributed by atoms with Gasteiger partial charge in [-0.3, -0.25) is 4.79 Å². The van der Waals surface area contributed by atoms with Gasteiger partial charge in [-0.15, -0.1) is 0 Å². The summed E-state index contributed by atoms with van der Waals surface area (Å²) < 4.78 is 6.70. The Morgan fingerprint density at radius 1 is 1.08 bits per heavy atom. The Morgan fingerprint density at radius 3 is 2.42 bits per heavy atom. The van der Waals surface area contributed by atoms with E-state index in [-0.39, 0.29) is 11.0 Å². The number of hydrogen-bond donors (Lipinski definition) is 0. The first-order chi connectivity index (χ1) is 11.3. The van der Waals surface area contributed by atoms with E-state index in [1.165, 1.54) is 16.3 Å². The predicted molar refractivity (Wildman–Crippen MR) is 90.8 cm³/mol. The van der Waals surface area contributed by atoms with Crippen LogP contribution < -0.4 is 5.56 Å². The minimum absolute atomic E-state index is 0.171. The van der Waals surface area contributed by atoms with Gasteiger partial charge in [0, 0.05) is 11.5 Å². The molecule has 24 heavy (non-hydrogen) atoms. The molecule has 6 nitrogen and oxygen atoms in total. The molecule has 2 heterocycles. The summed E-state index contributed by atoms with van der Waals surface area (Å²) in [6.07, 6.45) is 0. The first kappa shape index (κ1) is 16.1. The lowest BCUT2D eigenvalue weighted by Gasteiger charge is -2.10. The van der Waals surface area contributed by atoms with Crippen molar-refractivity contribution in [2.75, 3.05) is 0 Å². The van der Waals surface area contributed by atoms with Crippen LogP contribution in [0.3, 0.4) is 0 Å². The van der Waals surface area contributed by atoms with E-state index < -0.39 is 0 Å². The molecule has 0 aliphatic carbocycles. The lowest BCUT2D eigenvalue weighted by atomic mass is 9.96. The highest BCUT2D eigenvalue weighted by atomic mass is 16.5. The molecule has 0 aliphatic rings. The Morgan fingerprint density at radius 2 is 1.79 bits per heavy atom. The zero-order chi connectivity index (χ0) is 17.3. The summed E-state index contributed by atoms with van der Waals surface area (Å²) >= 11 is 0. The van der Waals surface area contributed by atoms with Gasteiger partial charge < -0.3 is 4.52 Å². The van der Waals surface area contributed by atoms with E-state index in [2.05, 4.69) is 15.2 Å². The molecule has 0 fully saturated rings. The number of rotatable bonds is 3. The standard InChI is InChI=1S/C18H20N4O2/c1-12-5-7-13(8-6-12)11-22-15(23)10-9-14(20-22)16-19-17(21-24-16)18(2,3)4/h5-10H,11H2,1-4H3. The third-order valence-corrected chi connectivity index (χ3v) is 3.64. The highest BCUT2D eigenvalue weighted by molar-refractivity contribution is 5.44. The van der Waals surface area contributed by atoms with Crippen molar-refractivity contribution >= 4 is 0 Å². The maximum atomic E-state index is 12.1. The van der Waals surface area contributed by atoms with E-state index in [4.69, 9.17) is 4.52 Å². The van der Waals surface area contributed by atoms with Gasteiger partial charge in [0.2, 0.25) is 0 Å². The van der Waals surface area contributed by atoms with Crippen molar-refractivity contribution in [3.63, 3.8) is 0 Å². The molecule has 1 aromatic carbocycles. The van der Waals surface area contributed by atoms with Crippen molar-refractivity contribution < 1.29 is 4.52 Å². The van der Waals surface area contributed by atoms with Gasteiger partial charge in [-0.25, -0.2) is 4.68 Å². The van der Waals surface area contributed by atoms with Crippen LogP contribution in [-0.2, 0) is 12.0 Å². The molecule has 0 N–H and O–H groups in total. The minimum Gasteiger partial charge on any atom is -0.332 e. The largest absolute Gasteiger partial charge is 0.332 e. The molecule has 124 valence electrons. The summed E-state index contributed by atoms with van der Waals surface area (Å²) in [5.41, 5.74) is 2.29. The quantitative estimate of drug-likeness (QED) is 0.740. The van der Waals surface area contributed by atoms with Gasteiger partial charge in [-0.05, 0) is 18.6 Å². The second-order valence-electron chi connectivity index (χ2n) is 6.87. The fourth-order valence-corrected chi connectivity index (χ4v) is 2.17. The molecule has 6 heteroatoms. The summed E-state index contributed by atoms with van der Waals surface area (Å²) in [6.45, 7) is 8.44. The van der Waals surface area contributed by atoms with E-state index in [1.54, 1.807) is 6.07 Å². The molecular weight excluding hydrogens is 304 g/mol. The summed E-state index contributed by atoms with van der Waals surface area (Å²) in [5, 5.41) is 8.36. The maximum Gasteiger partial charge on any atom is 0.278 e. The van der Waals surface area contributed by atoms with Crippen LogP contribution in [0.2, 0.25) is 0 Å². The first-order valence-electron chi connectivity index (χ1n) is 7.81. The zero-order valence-electron chi connectivity index (χ0n) is 14.3. The first-order valence-corrected chi connectivity index (χ1v) is 7.81. The van der Waals surface area contributed by atoms with E-state index in [1.807, 2.05) is 52.0 Å². The smallest absolute Gasteiger partial charge is 0.278 e. The van der Waals surface area contributed by atoms with Crippen molar-refractivity contribution in [2.24, 2.45) is 0 Å². The van der Waals surface area contributed by atoms with E-state index >= 15 is 0 Å². The normalized spacial score (nSPS) is 11.7. The number of benzene rings is 1. The molecule has 0 saturated carbocycles. The molecule has 3 rings (SSSR count). The second kappa shape index (κ2) is 6.03. The van der Waals surface area contributed by atoms with Crippen LogP contribution in [-0.4, -0.2) is 19.9 Å². The van der Waals surface area contributed by atoms with Crippen LogP contribution >= 0.6 is 0 Å². The third kappa shape index (κ3) is 3.42. The Kier molecular flexibility index (Phi) is 4.05. The minimum atomic E-state index is -0.210. The van der Waals surface area contributed by atoms with Crippen molar-refractivity contribution in [3.05, 3.63) is 63.7 Å². The van der Waals surface area contributed by atoms with E-state index in [0.29, 0.717) is 24.0 Å². The Labute approximate surface area is 140 Å². The monoisotopic (exact) mass is 324 g/mol. The Hall–Kier alpha value is -2.76. The van der Waals surface area contributed by atoms with E-state index in [0.717, 1.165) is 5.56 Å². The van der Waals surface area contributed by atoms with Crippen LogP contribution in [0.4, 0.5) is 0 Å². The molecule has 0 bridgehead atoms. The van der Waals surface area contributed by atoms with Crippen LogP contribution in [0.5, 0.6) is 0 Å². The number of aryl methyl sites for hydroxylation is 1. The van der Waals surface area contributed by atoms with Gasteiger partial charge in [0.15, 0.2) is 5.82 Å². The summed E-state index contributed by atoms with van der Waals surface area (Å²) in [4.78, 5) is 16.5. The highest BCUT2D eigenvalue weighted by Gasteiger charge is 2.22. The molecule has 0 radical (unpaired) electrons. The Bertz CT molecular complexity index is 902. The topological polar surface area (TPSA) is 73.8 Å². The molecule has 0 spiro atoms. The molecular formula is C18H20N4O2. The Balaban J connectivity index is 1.92. The highest BCUT2D eigenvalue weighted by Crippen LogP contribution is 2.22. The fourth-order valence-electron chi connectivity index (χ4n) is 2.17. The van der Waals surface area contributed by atoms with Gasteiger partial charge in [-0.1, -0.05) is 55.8 Å². The van der Waals surface area contributed by atoms with E-state index in [9.17, 15) is 4.79 Å². The molecule has 0 unspecified atom stereocenters. The predicted octanol–water partition coefficient (Wildman–Crippen LogP) is 2.95. The van der Waals surface area contributed by atoms with Gasteiger partial charge in [0.25, 0.3) is 11.4 Å². The van der Waals surface area contributed by atoms with Crippen LogP contribution in [0.1, 0.15) is 37.7 Å². The van der Waals surface area contributed by atoms with Gasteiger partial charge in [0.1, 0.15) is 5.69 Å². The fraction of sp³-hybridized carbons (Fsp3) is 0.333. The van der Waals surface area contributed by atoms with Gasteiger partial charge >= 0.3 is 0 Å². The zero-order valence-corrected chi connectivity index (χ0v) is 14.3. The van der Waals surface area contributed by atoms with Crippen LogP contribution in [0, 0.1) is 6.92 Å². The molecule has 0 saturated heterocycles. The average molecular weight is 324 g/mol. The lowest BCUT2D eigenvalue weighted by molar-refractivity contribution is 0.400. The SMILES string of the molecule is Cc1ccc(Cn2nc(-c3nc(C(C)(C)C)no3)ccc2=O)cc1. The number of aromatic nitrogens is 4. The van der Waals surface area contributed by atoms with Crippen LogP contribution in [0.15, 0.2) is 45.7 Å². The summed E-state index contributed by atoms with van der Waals surface area (Å²) in [7, 11) is 0. The number of nitrogens with zero attached hydrogens (tertiary/aromatic N) is 4. The van der Waals surface area contributed by atoms with Crippen molar-refractivity contribution in [3.8, 4) is 11.6 Å². The maximum absolute atomic E-state index is 12.1. The van der Waals surface area contributed by atoms with Gasteiger partial charge in [-0.2, -0.15) is 10.1 Å². The summed E-state index contributed by atoms with van der Waals surface area (Å²) in [5.74, 6) is 0.924. The second-order valence-corrected chi connectivity index (χ2v) is 6.87. The van der Waals surface area contributed by atoms with Crippen molar-refractivity contribution in [1.82, 2.24) is 19.9 Å². The van der Waals surface area contributed by atoms with Gasteiger partial charge in [0.05, 0.1) is 6.54 Å². The molecule has 0 amide bonds. The van der Waals surface area contributed by atoms with Crippen molar-refractivity contribution in [2.45, 2.75) is 39.7 Å². The molecule has 0 atom stereocenters. The number of hydrogen-bond acceptors (Lipinski definition) is 5. The third-order valence-electron chi connectivity index (χ3n) is 3.64. The molecule has 3 aromatic rings. The lowest BCUT2D eigenvalue weighted by Crippen LogP contribution is -2.22. The molecule has 2 aromatic heterocycles.